The Hall–Kier alpha value is -1.02. The average Bonchev–Trinajstić information content (AvgIpc) is 2.27. The number of rotatable bonds is 2. The zero-order valence-electron chi connectivity index (χ0n) is 8.57. The van der Waals surface area contributed by atoms with E-state index in [0.717, 1.165) is 25.1 Å². The van der Waals surface area contributed by atoms with E-state index < -0.39 is 0 Å². The summed E-state index contributed by atoms with van der Waals surface area (Å²) in [6.07, 6.45) is 2.47. The normalized spacial score (nSPS) is 25.3. The van der Waals surface area contributed by atoms with Crippen molar-refractivity contribution in [1.29, 1.82) is 0 Å². The molecule has 0 bridgehead atoms. The van der Waals surface area contributed by atoms with Gasteiger partial charge in [-0.25, -0.2) is 0 Å². The molecular formula is C12H17NO. The first kappa shape index (κ1) is 9.53. The second-order valence-electron chi connectivity index (χ2n) is 3.85. The molecule has 0 spiro atoms. The third-order valence-corrected chi connectivity index (χ3v) is 2.94. The molecule has 76 valence electrons. The molecule has 2 N–H and O–H groups in total. The van der Waals surface area contributed by atoms with Gasteiger partial charge in [-0.15, -0.1) is 0 Å². The van der Waals surface area contributed by atoms with Gasteiger partial charge in [-0.05, 0) is 31.0 Å². The maximum absolute atomic E-state index is 5.86. The average molecular weight is 191 g/mol. The standard InChI is InChI=1S/C12H17NO/c1-2-10-7-9(8-13)11-5-3-4-6-12(11)14-10/h3-6,9-10H,2,7-8,13H2,1H3. The minimum Gasteiger partial charge on any atom is -0.490 e. The first-order valence-corrected chi connectivity index (χ1v) is 5.30. The molecule has 2 heteroatoms. The molecule has 2 nitrogen and oxygen atoms in total. The molecular weight excluding hydrogens is 174 g/mol. The van der Waals surface area contributed by atoms with Crippen LogP contribution in [0.4, 0.5) is 0 Å². The highest BCUT2D eigenvalue weighted by atomic mass is 16.5. The van der Waals surface area contributed by atoms with E-state index in [1.807, 2.05) is 12.1 Å². The molecule has 2 rings (SSSR count). The molecule has 2 unspecified atom stereocenters. The van der Waals surface area contributed by atoms with Gasteiger partial charge in [-0.2, -0.15) is 0 Å². The minimum absolute atomic E-state index is 0.346. The zero-order chi connectivity index (χ0) is 9.97. The van der Waals surface area contributed by atoms with Gasteiger partial charge in [0, 0.05) is 5.92 Å². The van der Waals surface area contributed by atoms with Crippen molar-refractivity contribution in [3.63, 3.8) is 0 Å². The highest BCUT2D eigenvalue weighted by Crippen LogP contribution is 2.36. The first-order chi connectivity index (χ1) is 6.85. The Balaban J connectivity index is 2.31. The highest BCUT2D eigenvalue weighted by molar-refractivity contribution is 5.38. The molecule has 2 atom stereocenters. The van der Waals surface area contributed by atoms with Crippen molar-refractivity contribution in [2.24, 2.45) is 5.73 Å². The third kappa shape index (κ3) is 1.62. The van der Waals surface area contributed by atoms with E-state index in [4.69, 9.17) is 10.5 Å². The molecule has 0 radical (unpaired) electrons. The van der Waals surface area contributed by atoms with Crippen molar-refractivity contribution in [3.05, 3.63) is 29.8 Å². The summed E-state index contributed by atoms with van der Waals surface area (Å²) in [5, 5.41) is 0. The van der Waals surface area contributed by atoms with E-state index in [1.165, 1.54) is 5.56 Å². The summed E-state index contributed by atoms with van der Waals surface area (Å²) in [6, 6.07) is 8.24. The lowest BCUT2D eigenvalue weighted by molar-refractivity contribution is 0.155. The van der Waals surface area contributed by atoms with Crippen LogP contribution in [0.2, 0.25) is 0 Å². The third-order valence-electron chi connectivity index (χ3n) is 2.94. The van der Waals surface area contributed by atoms with Crippen LogP contribution in [0.25, 0.3) is 0 Å². The molecule has 0 fully saturated rings. The lowest BCUT2D eigenvalue weighted by atomic mass is 9.89. The number of hydrogen-bond acceptors (Lipinski definition) is 2. The fourth-order valence-electron chi connectivity index (χ4n) is 2.07. The van der Waals surface area contributed by atoms with Crippen molar-refractivity contribution in [3.8, 4) is 5.75 Å². The summed E-state index contributed by atoms with van der Waals surface area (Å²) in [5.41, 5.74) is 7.06. The van der Waals surface area contributed by atoms with Crippen LogP contribution >= 0.6 is 0 Å². The first-order valence-electron chi connectivity index (χ1n) is 5.30. The summed E-state index contributed by atoms with van der Waals surface area (Å²) in [6.45, 7) is 2.88. The van der Waals surface area contributed by atoms with E-state index in [2.05, 4.69) is 19.1 Å². The second kappa shape index (κ2) is 4.01. The number of ether oxygens (including phenoxy) is 1. The summed E-state index contributed by atoms with van der Waals surface area (Å²) < 4.78 is 5.86. The van der Waals surface area contributed by atoms with Crippen molar-refractivity contribution in [1.82, 2.24) is 0 Å². The molecule has 0 aliphatic carbocycles. The SMILES string of the molecule is CCC1CC(CN)c2ccccc2O1. The summed E-state index contributed by atoms with van der Waals surface area (Å²) in [4.78, 5) is 0. The zero-order valence-corrected chi connectivity index (χ0v) is 8.57. The largest absolute Gasteiger partial charge is 0.490 e. The van der Waals surface area contributed by atoms with Gasteiger partial charge in [0.2, 0.25) is 0 Å². The Bertz CT molecular complexity index is 311. The van der Waals surface area contributed by atoms with E-state index in [-0.39, 0.29) is 0 Å². The van der Waals surface area contributed by atoms with Gasteiger partial charge in [0.1, 0.15) is 5.75 Å². The fourth-order valence-corrected chi connectivity index (χ4v) is 2.07. The topological polar surface area (TPSA) is 35.2 Å². The molecule has 1 aliphatic heterocycles. The Morgan fingerprint density at radius 2 is 2.21 bits per heavy atom. The van der Waals surface area contributed by atoms with Crippen molar-refractivity contribution < 1.29 is 4.74 Å². The van der Waals surface area contributed by atoms with Gasteiger partial charge in [-0.3, -0.25) is 0 Å². The fraction of sp³-hybridized carbons (Fsp3) is 0.500. The molecule has 0 saturated carbocycles. The molecule has 0 saturated heterocycles. The molecule has 0 amide bonds. The minimum atomic E-state index is 0.346. The van der Waals surface area contributed by atoms with E-state index >= 15 is 0 Å². The van der Waals surface area contributed by atoms with Crippen molar-refractivity contribution >= 4 is 0 Å². The van der Waals surface area contributed by atoms with Crippen LogP contribution in [0, 0.1) is 0 Å². The molecule has 0 aromatic heterocycles. The second-order valence-corrected chi connectivity index (χ2v) is 3.85. The summed E-state index contributed by atoms with van der Waals surface area (Å²) in [7, 11) is 0. The number of nitrogens with two attached hydrogens (primary N) is 1. The Labute approximate surface area is 85.1 Å². The van der Waals surface area contributed by atoms with Gasteiger partial charge >= 0.3 is 0 Å². The van der Waals surface area contributed by atoms with Gasteiger partial charge in [0.15, 0.2) is 0 Å². The predicted octanol–water partition coefficient (Wildman–Crippen LogP) is 2.29. The Kier molecular flexibility index (Phi) is 2.73. The lowest BCUT2D eigenvalue weighted by Gasteiger charge is -2.31. The van der Waals surface area contributed by atoms with Crippen LogP contribution in [-0.2, 0) is 0 Å². The Morgan fingerprint density at radius 3 is 2.93 bits per heavy atom. The maximum atomic E-state index is 5.86. The summed E-state index contributed by atoms with van der Waals surface area (Å²) >= 11 is 0. The van der Waals surface area contributed by atoms with Crippen LogP contribution in [-0.4, -0.2) is 12.6 Å². The number of benzene rings is 1. The lowest BCUT2D eigenvalue weighted by Crippen LogP contribution is -2.28. The molecule has 1 aliphatic rings. The van der Waals surface area contributed by atoms with E-state index in [9.17, 15) is 0 Å². The van der Waals surface area contributed by atoms with Crippen LogP contribution in [0.3, 0.4) is 0 Å². The number of hydrogen-bond donors (Lipinski definition) is 1. The maximum Gasteiger partial charge on any atom is 0.123 e. The number of fused-ring (bicyclic) bond motifs is 1. The Morgan fingerprint density at radius 1 is 1.43 bits per heavy atom. The predicted molar refractivity (Wildman–Crippen MR) is 57.6 cm³/mol. The van der Waals surface area contributed by atoms with Crippen molar-refractivity contribution in [2.45, 2.75) is 31.8 Å². The van der Waals surface area contributed by atoms with Crippen LogP contribution in [0.5, 0.6) is 5.75 Å². The van der Waals surface area contributed by atoms with Crippen molar-refractivity contribution in [2.75, 3.05) is 6.54 Å². The van der Waals surface area contributed by atoms with Crippen LogP contribution in [0.1, 0.15) is 31.2 Å². The number of para-hydroxylation sites is 1. The van der Waals surface area contributed by atoms with Gasteiger partial charge < -0.3 is 10.5 Å². The van der Waals surface area contributed by atoms with E-state index in [1.54, 1.807) is 0 Å². The molecule has 14 heavy (non-hydrogen) atoms. The molecule has 1 aromatic carbocycles. The highest BCUT2D eigenvalue weighted by Gasteiger charge is 2.25. The monoisotopic (exact) mass is 191 g/mol. The van der Waals surface area contributed by atoms with Gasteiger partial charge in [0.05, 0.1) is 6.10 Å². The molecule has 1 heterocycles. The smallest absolute Gasteiger partial charge is 0.123 e. The van der Waals surface area contributed by atoms with Gasteiger partial charge in [-0.1, -0.05) is 25.1 Å². The summed E-state index contributed by atoms with van der Waals surface area (Å²) in [5.74, 6) is 1.51. The van der Waals surface area contributed by atoms with Gasteiger partial charge in [0.25, 0.3) is 0 Å². The quantitative estimate of drug-likeness (QED) is 0.778. The van der Waals surface area contributed by atoms with E-state index in [0.29, 0.717) is 12.0 Å². The molecule has 1 aromatic rings. The van der Waals surface area contributed by atoms with Crippen LogP contribution < -0.4 is 10.5 Å². The van der Waals surface area contributed by atoms with Crippen LogP contribution in [0.15, 0.2) is 24.3 Å².